The molecule has 1 N–H and O–H groups in total. The molecule has 3 aromatic rings. The molecule has 7 nitrogen and oxygen atoms in total. The number of benzene rings is 1. The number of nitrogens with zero attached hydrogens (tertiary/aromatic N) is 5. The van der Waals surface area contributed by atoms with Crippen molar-refractivity contribution in [2.24, 2.45) is 7.05 Å². The Hall–Kier alpha value is -2.83. The Balaban J connectivity index is 2.07. The molecule has 7 heteroatoms. The summed E-state index contributed by atoms with van der Waals surface area (Å²) in [7, 11) is 3.54. The standard InChI is InChI=1S/C17H22N6O/c1-5-23(6-2)17-20-15(14-11-18-22(3)16(14)21-17)19-12-8-7-9-13(10-12)24-4/h7-11H,5-6H2,1-4H3,(H,19,20,21). The third kappa shape index (κ3) is 2.97. The average molecular weight is 326 g/mol. The third-order valence-electron chi connectivity index (χ3n) is 3.96. The van der Waals surface area contributed by atoms with Gasteiger partial charge in [-0.1, -0.05) is 6.07 Å². The summed E-state index contributed by atoms with van der Waals surface area (Å²) in [6.07, 6.45) is 1.78. The number of rotatable bonds is 6. The molecule has 2 aromatic heterocycles. The molecular weight excluding hydrogens is 304 g/mol. The normalized spacial score (nSPS) is 10.8. The number of aryl methyl sites for hydroxylation is 1. The molecule has 24 heavy (non-hydrogen) atoms. The maximum atomic E-state index is 5.28. The Labute approximate surface area is 141 Å². The van der Waals surface area contributed by atoms with Crippen LogP contribution in [0, 0.1) is 0 Å². The van der Waals surface area contributed by atoms with E-state index in [1.807, 2.05) is 31.3 Å². The number of methoxy groups -OCH3 is 1. The highest BCUT2D eigenvalue weighted by Gasteiger charge is 2.15. The van der Waals surface area contributed by atoms with Crippen LogP contribution in [0.15, 0.2) is 30.5 Å². The highest BCUT2D eigenvalue weighted by atomic mass is 16.5. The zero-order valence-corrected chi connectivity index (χ0v) is 14.4. The van der Waals surface area contributed by atoms with Gasteiger partial charge in [-0.2, -0.15) is 15.1 Å². The highest BCUT2D eigenvalue weighted by Crippen LogP contribution is 2.27. The van der Waals surface area contributed by atoms with Gasteiger partial charge >= 0.3 is 0 Å². The van der Waals surface area contributed by atoms with Gasteiger partial charge in [-0.15, -0.1) is 0 Å². The molecule has 0 spiro atoms. The lowest BCUT2D eigenvalue weighted by molar-refractivity contribution is 0.415. The van der Waals surface area contributed by atoms with Crippen molar-refractivity contribution in [2.45, 2.75) is 13.8 Å². The van der Waals surface area contributed by atoms with Gasteiger partial charge in [0.15, 0.2) is 5.65 Å². The second kappa shape index (κ2) is 6.74. The summed E-state index contributed by atoms with van der Waals surface area (Å²) in [4.78, 5) is 11.5. The zero-order chi connectivity index (χ0) is 17.1. The van der Waals surface area contributed by atoms with E-state index in [-0.39, 0.29) is 0 Å². The van der Waals surface area contributed by atoms with Crippen LogP contribution in [-0.4, -0.2) is 39.9 Å². The topological polar surface area (TPSA) is 68.1 Å². The average Bonchev–Trinajstić information content (AvgIpc) is 2.98. The summed E-state index contributed by atoms with van der Waals surface area (Å²) in [6.45, 7) is 5.88. The number of ether oxygens (including phenoxy) is 1. The second-order valence-electron chi connectivity index (χ2n) is 5.41. The summed E-state index contributed by atoms with van der Waals surface area (Å²) < 4.78 is 7.05. The minimum absolute atomic E-state index is 0.696. The fraction of sp³-hybridized carbons (Fsp3) is 0.353. The maximum Gasteiger partial charge on any atom is 0.229 e. The Morgan fingerprint density at radius 2 is 2.00 bits per heavy atom. The lowest BCUT2D eigenvalue weighted by Crippen LogP contribution is -2.24. The molecule has 3 rings (SSSR count). The summed E-state index contributed by atoms with van der Waals surface area (Å²) in [6, 6.07) is 7.76. The van der Waals surface area contributed by atoms with Gasteiger partial charge in [0.05, 0.1) is 18.7 Å². The van der Waals surface area contributed by atoms with Gasteiger partial charge in [-0.25, -0.2) is 0 Å². The smallest absolute Gasteiger partial charge is 0.229 e. The quantitative estimate of drug-likeness (QED) is 0.751. The predicted octanol–water partition coefficient (Wildman–Crippen LogP) is 2.96. The molecule has 0 bridgehead atoms. The number of aromatic nitrogens is 4. The number of anilines is 3. The molecule has 0 amide bonds. The fourth-order valence-electron chi connectivity index (χ4n) is 2.59. The first-order chi connectivity index (χ1) is 11.7. The molecule has 0 saturated carbocycles. The van der Waals surface area contributed by atoms with Crippen LogP contribution >= 0.6 is 0 Å². The van der Waals surface area contributed by atoms with E-state index in [1.54, 1.807) is 18.0 Å². The van der Waals surface area contributed by atoms with Crippen molar-refractivity contribution in [3.8, 4) is 5.75 Å². The first-order valence-electron chi connectivity index (χ1n) is 8.02. The van der Waals surface area contributed by atoms with E-state index in [4.69, 9.17) is 9.72 Å². The molecule has 0 atom stereocenters. The second-order valence-corrected chi connectivity index (χ2v) is 5.41. The summed E-state index contributed by atoms with van der Waals surface area (Å²) in [5.41, 5.74) is 1.71. The third-order valence-corrected chi connectivity index (χ3v) is 3.96. The van der Waals surface area contributed by atoms with E-state index in [2.05, 4.69) is 34.1 Å². The van der Waals surface area contributed by atoms with Crippen LogP contribution in [0.25, 0.3) is 11.0 Å². The van der Waals surface area contributed by atoms with Crippen LogP contribution in [0.2, 0.25) is 0 Å². The van der Waals surface area contributed by atoms with Crippen LogP contribution < -0.4 is 15.0 Å². The van der Waals surface area contributed by atoms with Gasteiger partial charge in [0.25, 0.3) is 0 Å². The Bertz CT molecular complexity index is 840. The molecule has 0 radical (unpaired) electrons. The van der Waals surface area contributed by atoms with Crippen molar-refractivity contribution in [2.75, 3.05) is 30.4 Å². The van der Waals surface area contributed by atoms with E-state index in [9.17, 15) is 0 Å². The fourth-order valence-corrected chi connectivity index (χ4v) is 2.59. The molecule has 0 aliphatic rings. The summed E-state index contributed by atoms with van der Waals surface area (Å²) in [5, 5.41) is 8.57. The van der Waals surface area contributed by atoms with Crippen molar-refractivity contribution in [1.82, 2.24) is 19.7 Å². The van der Waals surface area contributed by atoms with Gasteiger partial charge in [0.2, 0.25) is 5.95 Å². The summed E-state index contributed by atoms with van der Waals surface area (Å²) in [5.74, 6) is 2.23. The van der Waals surface area contributed by atoms with Crippen molar-refractivity contribution in [3.63, 3.8) is 0 Å². The van der Waals surface area contributed by atoms with Crippen LogP contribution in [0.4, 0.5) is 17.5 Å². The van der Waals surface area contributed by atoms with Crippen molar-refractivity contribution < 1.29 is 4.74 Å². The van der Waals surface area contributed by atoms with Gasteiger partial charge < -0.3 is 15.0 Å². The Morgan fingerprint density at radius 1 is 1.21 bits per heavy atom. The molecule has 126 valence electrons. The van der Waals surface area contributed by atoms with E-state index in [1.165, 1.54) is 0 Å². The predicted molar refractivity (Wildman–Crippen MR) is 96.1 cm³/mol. The lowest BCUT2D eigenvalue weighted by Gasteiger charge is -2.19. The molecule has 1 aromatic carbocycles. The first-order valence-corrected chi connectivity index (χ1v) is 8.02. The minimum atomic E-state index is 0.696. The molecule has 0 fully saturated rings. The van der Waals surface area contributed by atoms with Crippen LogP contribution in [0.5, 0.6) is 5.75 Å². The minimum Gasteiger partial charge on any atom is -0.497 e. The van der Waals surface area contributed by atoms with Gasteiger partial charge in [0, 0.05) is 31.9 Å². The first kappa shape index (κ1) is 16.0. The van der Waals surface area contributed by atoms with E-state index < -0.39 is 0 Å². The Morgan fingerprint density at radius 3 is 2.71 bits per heavy atom. The van der Waals surface area contributed by atoms with Crippen LogP contribution in [-0.2, 0) is 7.05 Å². The van der Waals surface area contributed by atoms with Gasteiger partial charge in [-0.05, 0) is 26.0 Å². The van der Waals surface area contributed by atoms with Crippen molar-refractivity contribution in [3.05, 3.63) is 30.5 Å². The molecule has 0 aliphatic heterocycles. The maximum absolute atomic E-state index is 5.28. The van der Waals surface area contributed by atoms with Crippen molar-refractivity contribution in [1.29, 1.82) is 0 Å². The number of fused-ring (bicyclic) bond motifs is 1. The van der Waals surface area contributed by atoms with E-state index in [0.717, 1.165) is 41.4 Å². The SMILES string of the molecule is CCN(CC)c1nc(Nc2cccc(OC)c2)c2cnn(C)c2n1. The van der Waals surface area contributed by atoms with E-state index in [0.29, 0.717) is 5.95 Å². The van der Waals surface area contributed by atoms with Crippen LogP contribution in [0.3, 0.4) is 0 Å². The molecule has 0 unspecified atom stereocenters. The molecule has 0 saturated heterocycles. The van der Waals surface area contributed by atoms with Crippen LogP contribution in [0.1, 0.15) is 13.8 Å². The summed E-state index contributed by atoms with van der Waals surface area (Å²) >= 11 is 0. The lowest BCUT2D eigenvalue weighted by atomic mass is 10.3. The monoisotopic (exact) mass is 326 g/mol. The number of hydrogen-bond donors (Lipinski definition) is 1. The molecule has 0 aliphatic carbocycles. The zero-order valence-electron chi connectivity index (χ0n) is 14.4. The van der Waals surface area contributed by atoms with Gasteiger partial charge in [0.1, 0.15) is 11.6 Å². The molecule has 2 heterocycles. The van der Waals surface area contributed by atoms with Gasteiger partial charge in [-0.3, -0.25) is 4.68 Å². The van der Waals surface area contributed by atoms with E-state index >= 15 is 0 Å². The molecular formula is C17H22N6O. The van der Waals surface area contributed by atoms with Crippen molar-refractivity contribution >= 4 is 28.5 Å². The number of hydrogen-bond acceptors (Lipinski definition) is 6. The highest BCUT2D eigenvalue weighted by molar-refractivity contribution is 5.89. The largest absolute Gasteiger partial charge is 0.497 e. The number of nitrogens with one attached hydrogen (secondary N) is 1. The Kier molecular flexibility index (Phi) is 4.50.